The molecular formula is C11H20N2O. The molecule has 0 spiro atoms. The van der Waals surface area contributed by atoms with Gasteiger partial charge in [0.1, 0.15) is 0 Å². The standard InChI is InChI=1S/C11H20N2O/c1-13-10-6-4-2-3-5-8-12-9-7-11(13)14/h7,9,12H,2-6,8,10H2,1H3/b9-7-. The smallest absolute Gasteiger partial charge is 0.247 e. The van der Waals surface area contributed by atoms with Crippen LogP contribution in [0.5, 0.6) is 0 Å². The summed E-state index contributed by atoms with van der Waals surface area (Å²) in [6.45, 7) is 1.86. The summed E-state index contributed by atoms with van der Waals surface area (Å²) in [5.41, 5.74) is 0. The second-order valence-corrected chi connectivity index (χ2v) is 3.82. The lowest BCUT2D eigenvalue weighted by Gasteiger charge is -2.15. The van der Waals surface area contributed by atoms with Gasteiger partial charge in [-0.3, -0.25) is 4.79 Å². The van der Waals surface area contributed by atoms with E-state index in [1.807, 2.05) is 7.05 Å². The topological polar surface area (TPSA) is 32.3 Å². The Morgan fingerprint density at radius 2 is 1.93 bits per heavy atom. The maximum atomic E-state index is 11.4. The Kier molecular flexibility index (Phi) is 5.12. The van der Waals surface area contributed by atoms with Gasteiger partial charge in [-0.2, -0.15) is 0 Å². The quantitative estimate of drug-likeness (QED) is 0.637. The van der Waals surface area contributed by atoms with Crippen molar-refractivity contribution < 1.29 is 4.79 Å². The Balaban J connectivity index is 2.39. The fourth-order valence-corrected chi connectivity index (χ4v) is 1.56. The van der Waals surface area contributed by atoms with Crippen LogP contribution in [0.15, 0.2) is 12.3 Å². The first-order chi connectivity index (χ1) is 6.80. The van der Waals surface area contributed by atoms with Gasteiger partial charge in [0.25, 0.3) is 0 Å². The van der Waals surface area contributed by atoms with E-state index >= 15 is 0 Å². The van der Waals surface area contributed by atoms with Crippen LogP contribution in [0.25, 0.3) is 0 Å². The van der Waals surface area contributed by atoms with Crippen LogP contribution >= 0.6 is 0 Å². The summed E-state index contributed by atoms with van der Waals surface area (Å²) in [5.74, 6) is 0.0954. The van der Waals surface area contributed by atoms with E-state index < -0.39 is 0 Å². The molecule has 0 bridgehead atoms. The molecule has 0 radical (unpaired) electrons. The number of nitrogens with one attached hydrogen (secondary N) is 1. The summed E-state index contributed by atoms with van der Waals surface area (Å²) >= 11 is 0. The molecule has 0 aliphatic carbocycles. The molecule has 0 aromatic rings. The highest BCUT2D eigenvalue weighted by atomic mass is 16.2. The molecule has 0 unspecified atom stereocenters. The van der Waals surface area contributed by atoms with Crippen LogP contribution in [0.2, 0.25) is 0 Å². The third kappa shape index (κ3) is 4.30. The highest BCUT2D eigenvalue weighted by molar-refractivity contribution is 5.87. The van der Waals surface area contributed by atoms with Crippen molar-refractivity contribution in [1.29, 1.82) is 0 Å². The van der Waals surface area contributed by atoms with Crippen LogP contribution in [0.3, 0.4) is 0 Å². The van der Waals surface area contributed by atoms with Crippen LogP contribution in [0.4, 0.5) is 0 Å². The van der Waals surface area contributed by atoms with Crippen molar-refractivity contribution in [2.75, 3.05) is 20.1 Å². The van der Waals surface area contributed by atoms with Gasteiger partial charge >= 0.3 is 0 Å². The van der Waals surface area contributed by atoms with Crippen LogP contribution < -0.4 is 5.32 Å². The van der Waals surface area contributed by atoms with Gasteiger partial charge in [0.2, 0.25) is 5.91 Å². The lowest BCUT2D eigenvalue weighted by Crippen LogP contribution is -2.26. The first-order valence-electron chi connectivity index (χ1n) is 5.46. The van der Waals surface area contributed by atoms with Crippen molar-refractivity contribution in [1.82, 2.24) is 10.2 Å². The normalized spacial score (nSPS) is 23.2. The molecule has 3 nitrogen and oxygen atoms in total. The van der Waals surface area contributed by atoms with Crippen LogP contribution in [0, 0.1) is 0 Å². The number of likely N-dealkylation sites (N-methyl/N-ethyl adjacent to an activating group) is 1. The highest BCUT2D eigenvalue weighted by Crippen LogP contribution is 2.04. The van der Waals surface area contributed by atoms with Crippen molar-refractivity contribution in [3.63, 3.8) is 0 Å². The summed E-state index contributed by atoms with van der Waals surface area (Å²) < 4.78 is 0. The van der Waals surface area contributed by atoms with Crippen LogP contribution in [-0.4, -0.2) is 30.9 Å². The van der Waals surface area contributed by atoms with Gasteiger partial charge in [-0.15, -0.1) is 0 Å². The highest BCUT2D eigenvalue weighted by Gasteiger charge is 2.04. The van der Waals surface area contributed by atoms with Crippen molar-refractivity contribution in [2.24, 2.45) is 0 Å². The molecule has 0 atom stereocenters. The average molecular weight is 196 g/mol. The minimum Gasteiger partial charge on any atom is -0.391 e. The van der Waals surface area contributed by atoms with Crippen molar-refractivity contribution in [2.45, 2.75) is 32.1 Å². The molecule has 1 heterocycles. The SMILES string of the molecule is CN1CCCCCCCN/C=C\C1=O. The van der Waals surface area contributed by atoms with Gasteiger partial charge in [0, 0.05) is 32.4 Å². The minimum absolute atomic E-state index is 0.0954. The number of hydrogen-bond donors (Lipinski definition) is 1. The lowest BCUT2D eigenvalue weighted by atomic mass is 10.1. The zero-order valence-corrected chi connectivity index (χ0v) is 8.96. The van der Waals surface area contributed by atoms with E-state index in [4.69, 9.17) is 0 Å². The van der Waals surface area contributed by atoms with Crippen LogP contribution in [-0.2, 0) is 4.79 Å². The van der Waals surface area contributed by atoms with E-state index in [9.17, 15) is 4.79 Å². The maximum absolute atomic E-state index is 11.4. The molecule has 1 aliphatic rings. The van der Waals surface area contributed by atoms with E-state index in [1.165, 1.54) is 25.7 Å². The molecule has 0 aromatic heterocycles. The van der Waals surface area contributed by atoms with E-state index in [1.54, 1.807) is 17.2 Å². The fraction of sp³-hybridized carbons (Fsp3) is 0.727. The predicted molar refractivity (Wildman–Crippen MR) is 57.9 cm³/mol. The van der Waals surface area contributed by atoms with Gasteiger partial charge in [0.15, 0.2) is 0 Å². The molecule has 1 amide bonds. The Bertz CT molecular complexity index is 201. The number of hydrogen-bond acceptors (Lipinski definition) is 2. The second-order valence-electron chi connectivity index (χ2n) is 3.82. The first-order valence-corrected chi connectivity index (χ1v) is 5.46. The molecule has 1 aliphatic heterocycles. The molecule has 0 saturated carbocycles. The number of rotatable bonds is 0. The number of carbonyl (C=O) groups excluding carboxylic acids is 1. The molecule has 0 aromatic carbocycles. The monoisotopic (exact) mass is 196 g/mol. The second kappa shape index (κ2) is 6.46. The predicted octanol–water partition coefficient (Wildman–Crippen LogP) is 1.51. The summed E-state index contributed by atoms with van der Waals surface area (Å²) in [6, 6.07) is 0. The first kappa shape index (κ1) is 11.1. The summed E-state index contributed by atoms with van der Waals surface area (Å²) in [4.78, 5) is 13.2. The Hall–Kier alpha value is -0.990. The lowest BCUT2D eigenvalue weighted by molar-refractivity contribution is -0.124. The van der Waals surface area contributed by atoms with E-state index in [-0.39, 0.29) is 5.91 Å². The summed E-state index contributed by atoms with van der Waals surface area (Å²) in [6.07, 6.45) is 9.52. The van der Waals surface area contributed by atoms with Gasteiger partial charge < -0.3 is 10.2 Å². The molecule has 0 saturated heterocycles. The Labute approximate surface area is 86.2 Å². The minimum atomic E-state index is 0.0954. The van der Waals surface area contributed by atoms with Crippen molar-refractivity contribution in [3.8, 4) is 0 Å². The van der Waals surface area contributed by atoms with E-state index in [2.05, 4.69) is 5.32 Å². The average Bonchev–Trinajstić information content (AvgIpc) is 2.18. The third-order valence-electron chi connectivity index (χ3n) is 2.53. The molecule has 0 fully saturated rings. The Morgan fingerprint density at radius 3 is 2.79 bits per heavy atom. The molecule has 1 rings (SSSR count). The van der Waals surface area contributed by atoms with Gasteiger partial charge in [-0.25, -0.2) is 0 Å². The fourth-order valence-electron chi connectivity index (χ4n) is 1.56. The van der Waals surface area contributed by atoms with Gasteiger partial charge in [-0.1, -0.05) is 19.3 Å². The van der Waals surface area contributed by atoms with Gasteiger partial charge in [-0.05, 0) is 12.8 Å². The van der Waals surface area contributed by atoms with E-state index in [0.29, 0.717) is 0 Å². The van der Waals surface area contributed by atoms with Crippen molar-refractivity contribution in [3.05, 3.63) is 12.3 Å². The number of nitrogens with zero attached hydrogens (tertiary/aromatic N) is 1. The summed E-state index contributed by atoms with van der Waals surface area (Å²) in [7, 11) is 1.86. The maximum Gasteiger partial charge on any atom is 0.247 e. The third-order valence-corrected chi connectivity index (χ3v) is 2.53. The summed E-state index contributed by atoms with van der Waals surface area (Å²) in [5, 5.41) is 3.13. The van der Waals surface area contributed by atoms with Crippen LogP contribution in [0.1, 0.15) is 32.1 Å². The van der Waals surface area contributed by atoms with Gasteiger partial charge in [0.05, 0.1) is 0 Å². The number of amides is 1. The van der Waals surface area contributed by atoms with Crippen molar-refractivity contribution >= 4 is 5.91 Å². The zero-order chi connectivity index (χ0) is 10.2. The largest absolute Gasteiger partial charge is 0.391 e. The molecule has 14 heavy (non-hydrogen) atoms. The molecular weight excluding hydrogens is 176 g/mol. The number of carbonyl (C=O) groups is 1. The zero-order valence-electron chi connectivity index (χ0n) is 8.96. The molecule has 1 N–H and O–H groups in total. The molecule has 3 heteroatoms. The Morgan fingerprint density at radius 1 is 1.21 bits per heavy atom. The molecule has 80 valence electrons. The van der Waals surface area contributed by atoms with E-state index in [0.717, 1.165) is 19.5 Å².